The lowest BCUT2D eigenvalue weighted by Gasteiger charge is -2.34. The topological polar surface area (TPSA) is 39.1 Å². The van der Waals surface area contributed by atoms with Gasteiger partial charge in [-0.3, -0.25) is 5.41 Å². The van der Waals surface area contributed by atoms with Crippen molar-refractivity contribution in [2.24, 2.45) is 5.92 Å². The summed E-state index contributed by atoms with van der Waals surface area (Å²) in [6, 6.07) is 8.98. The third-order valence-corrected chi connectivity index (χ3v) is 5.05. The van der Waals surface area contributed by atoms with Gasteiger partial charge in [-0.05, 0) is 41.9 Å². The Balaban J connectivity index is 1.81. The highest BCUT2D eigenvalue weighted by Gasteiger charge is 2.29. The molecule has 3 rings (SSSR count). The molecule has 1 fully saturated rings. The van der Waals surface area contributed by atoms with Crippen molar-refractivity contribution in [1.82, 2.24) is 10.2 Å². The first kappa shape index (κ1) is 15.1. The molecule has 0 heterocycles. The molecule has 22 heavy (non-hydrogen) atoms. The van der Waals surface area contributed by atoms with Gasteiger partial charge in [0.25, 0.3) is 0 Å². The number of fused-ring (bicyclic) bond motifs is 1. The minimum absolute atomic E-state index is 0.308. The Morgan fingerprint density at radius 2 is 1.91 bits per heavy atom. The molecule has 0 bridgehead atoms. The van der Waals surface area contributed by atoms with Crippen LogP contribution in [0.2, 0.25) is 0 Å². The lowest BCUT2D eigenvalue weighted by molar-refractivity contribution is 0.305. The molecule has 3 nitrogen and oxygen atoms in total. The fraction of sp³-hybridized carbons (Fsp3) is 0.526. The van der Waals surface area contributed by atoms with Gasteiger partial charge in [0.15, 0.2) is 5.96 Å². The maximum absolute atomic E-state index is 8.21. The van der Waals surface area contributed by atoms with Crippen LogP contribution in [0.15, 0.2) is 29.8 Å². The molecule has 2 aliphatic carbocycles. The van der Waals surface area contributed by atoms with Gasteiger partial charge < -0.3 is 10.2 Å². The number of hydrogen-bond acceptors (Lipinski definition) is 1. The van der Waals surface area contributed by atoms with Crippen LogP contribution in [0.5, 0.6) is 0 Å². The van der Waals surface area contributed by atoms with Crippen LogP contribution in [0, 0.1) is 11.3 Å². The van der Waals surface area contributed by atoms with E-state index in [1.54, 1.807) is 0 Å². The standard InChI is InChI=1S/C19H27N3/c1-22(2)19(20)21-18(14-8-4-3-5-9-14)17-12-15-10-6-7-11-16(15)13-17/h6-7,10-12,14,18H,3-5,8-9,13H2,1-2H3,(H2,20,21). The maximum atomic E-state index is 8.21. The summed E-state index contributed by atoms with van der Waals surface area (Å²) in [5.41, 5.74) is 4.24. The van der Waals surface area contributed by atoms with Crippen LogP contribution in [0.25, 0.3) is 6.08 Å². The lowest BCUT2D eigenvalue weighted by Crippen LogP contribution is -2.47. The van der Waals surface area contributed by atoms with Crippen molar-refractivity contribution < 1.29 is 0 Å². The number of benzene rings is 1. The van der Waals surface area contributed by atoms with Gasteiger partial charge in [-0.15, -0.1) is 0 Å². The molecule has 2 aliphatic rings. The third-order valence-electron chi connectivity index (χ3n) is 5.05. The Kier molecular flexibility index (Phi) is 4.51. The normalized spacial score (nSPS) is 19.3. The smallest absolute Gasteiger partial charge is 0.191 e. The Morgan fingerprint density at radius 3 is 2.59 bits per heavy atom. The summed E-state index contributed by atoms with van der Waals surface area (Å²) in [5, 5.41) is 11.7. The molecule has 1 aromatic carbocycles. The molecule has 0 spiro atoms. The summed E-state index contributed by atoms with van der Waals surface area (Å²) < 4.78 is 0. The molecule has 3 heteroatoms. The Labute approximate surface area is 133 Å². The molecule has 1 unspecified atom stereocenters. The highest BCUT2D eigenvalue weighted by Crippen LogP contribution is 2.34. The largest absolute Gasteiger partial charge is 0.350 e. The molecule has 0 amide bonds. The molecule has 1 saturated carbocycles. The van der Waals surface area contributed by atoms with E-state index in [1.165, 1.54) is 48.8 Å². The fourth-order valence-corrected chi connectivity index (χ4v) is 3.76. The molecule has 0 radical (unpaired) electrons. The van der Waals surface area contributed by atoms with Gasteiger partial charge in [0, 0.05) is 14.1 Å². The van der Waals surface area contributed by atoms with Crippen LogP contribution in [-0.2, 0) is 6.42 Å². The van der Waals surface area contributed by atoms with Crippen molar-refractivity contribution in [3.05, 3.63) is 41.0 Å². The summed E-state index contributed by atoms with van der Waals surface area (Å²) in [5.74, 6) is 1.18. The highest BCUT2D eigenvalue weighted by atomic mass is 15.2. The molecule has 2 N–H and O–H groups in total. The minimum Gasteiger partial charge on any atom is -0.350 e. The number of hydrogen-bond donors (Lipinski definition) is 2. The lowest BCUT2D eigenvalue weighted by atomic mass is 9.80. The SMILES string of the molecule is CN(C)C(=N)NC(C1=Cc2ccccc2C1)C1CCCCC1. The van der Waals surface area contributed by atoms with Gasteiger partial charge in [-0.2, -0.15) is 0 Å². The van der Waals surface area contributed by atoms with Crippen molar-refractivity contribution in [1.29, 1.82) is 5.41 Å². The van der Waals surface area contributed by atoms with Crippen LogP contribution < -0.4 is 5.32 Å². The molecule has 0 saturated heterocycles. The average Bonchev–Trinajstić information content (AvgIpc) is 2.96. The second-order valence-corrected chi connectivity index (χ2v) is 6.86. The van der Waals surface area contributed by atoms with Crippen LogP contribution in [0.3, 0.4) is 0 Å². The average molecular weight is 297 g/mol. The van der Waals surface area contributed by atoms with Crippen molar-refractivity contribution in [3.63, 3.8) is 0 Å². The number of nitrogens with one attached hydrogen (secondary N) is 2. The highest BCUT2D eigenvalue weighted by molar-refractivity contribution is 5.77. The first-order valence-corrected chi connectivity index (χ1v) is 8.46. The number of nitrogens with zero attached hydrogens (tertiary/aromatic N) is 1. The van der Waals surface area contributed by atoms with Gasteiger partial charge in [0.05, 0.1) is 6.04 Å². The second-order valence-electron chi connectivity index (χ2n) is 6.86. The molecular formula is C19H27N3. The van der Waals surface area contributed by atoms with Crippen LogP contribution in [-0.4, -0.2) is 31.0 Å². The van der Waals surface area contributed by atoms with Gasteiger partial charge in [-0.25, -0.2) is 0 Å². The van der Waals surface area contributed by atoms with E-state index in [2.05, 4.69) is 35.7 Å². The van der Waals surface area contributed by atoms with Gasteiger partial charge in [0.2, 0.25) is 0 Å². The van der Waals surface area contributed by atoms with E-state index in [0.717, 1.165) is 6.42 Å². The first-order chi connectivity index (χ1) is 10.6. The Morgan fingerprint density at radius 1 is 1.18 bits per heavy atom. The van der Waals surface area contributed by atoms with Gasteiger partial charge >= 0.3 is 0 Å². The van der Waals surface area contributed by atoms with Crippen LogP contribution >= 0.6 is 0 Å². The molecule has 118 valence electrons. The summed E-state index contributed by atoms with van der Waals surface area (Å²) in [4.78, 5) is 1.86. The van der Waals surface area contributed by atoms with E-state index in [-0.39, 0.29) is 0 Å². The Bertz CT molecular complexity index is 568. The summed E-state index contributed by atoms with van der Waals surface area (Å²) in [7, 11) is 3.87. The predicted octanol–water partition coefficient (Wildman–Crippen LogP) is 3.66. The van der Waals surface area contributed by atoms with E-state index in [9.17, 15) is 0 Å². The monoisotopic (exact) mass is 297 g/mol. The van der Waals surface area contributed by atoms with Crippen LogP contribution in [0.4, 0.5) is 0 Å². The number of rotatable bonds is 3. The zero-order valence-corrected chi connectivity index (χ0v) is 13.7. The predicted molar refractivity (Wildman–Crippen MR) is 93.0 cm³/mol. The van der Waals surface area contributed by atoms with E-state index in [1.807, 2.05) is 19.0 Å². The maximum Gasteiger partial charge on any atom is 0.191 e. The number of guanidine groups is 1. The second kappa shape index (κ2) is 6.55. The van der Waals surface area contributed by atoms with Crippen molar-refractivity contribution in [3.8, 4) is 0 Å². The zero-order chi connectivity index (χ0) is 15.5. The van der Waals surface area contributed by atoms with E-state index < -0.39 is 0 Å². The van der Waals surface area contributed by atoms with Crippen molar-refractivity contribution >= 4 is 12.0 Å². The molecule has 1 atom stereocenters. The molecule has 1 aromatic rings. The van der Waals surface area contributed by atoms with Gasteiger partial charge in [-0.1, -0.05) is 49.6 Å². The molecule has 0 aliphatic heterocycles. The van der Waals surface area contributed by atoms with Crippen molar-refractivity contribution in [2.45, 2.75) is 44.6 Å². The van der Waals surface area contributed by atoms with E-state index >= 15 is 0 Å². The van der Waals surface area contributed by atoms with E-state index in [0.29, 0.717) is 17.9 Å². The quantitative estimate of drug-likeness (QED) is 0.660. The van der Waals surface area contributed by atoms with E-state index in [4.69, 9.17) is 5.41 Å². The summed E-state index contributed by atoms with van der Waals surface area (Å²) in [6.07, 6.45) is 9.98. The summed E-state index contributed by atoms with van der Waals surface area (Å²) >= 11 is 0. The first-order valence-electron chi connectivity index (χ1n) is 8.46. The van der Waals surface area contributed by atoms with Crippen molar-refractivity contribution in [2.75, 3.05) is 14.1 Å². The third kappa shape index (κ3) is 3.18. The molecule has 0 aromatic heterocycles. The van der Waals surface area contributed by atoms with Gasteiger partial charge in [0.1, 0.15) is 0 Å². The fourth-order valence-electron chi connectivity index (χ4n) is 3.76. The van der Waals surface area contributed by atoms with Crippen LogP contribution in [0.1, 0.15) is 43.2 Å². The zero-order valence-electron chi connectivity index (χ0n) is 13.7. The summed E-state index contributed by atoms with van der Waals surface area (Å²) in [6.45, 7) is 0. The molecular weight excluding hydrogens is 270 g/mol. The minimum atomic E-state index is 0.308. The Hall–Kier alpha value is -1.77.